The highest BCUT2D eigenvalue weighted by molar-refractivity contribution is 8.00. The summed E-state index contributed by atoms with van der Waals surface area (Å²) in [6.07, 6.45) is 0.972. The molecule has 1 unspecified atom stereocenters. The number of benzene rings is 2. The zero-order valence-corrected chi connectivity index (χ0v) is 15.9. The molecule has 7 heteroatoms. The molecule has 142 valence electrons. The molecule has 1 fully saturated rings. The molecule has 1 heterocycles. The van der Waals surface area contributed by atoms with Crippen LogP contribution >= 0.6 is 11.8 Å². The third kappa shape index (κ3) is 5.48. The van der Waals surface area contributed by atoms with E-state index in [0.29, 0.717) is 17.4 Å². The van der Waals surface area contributed by atoms with Gasteiger partial charge in [-0.1, -0.05) is 42.5 Å². The summed E-state index contributed by atoms with van der Waals surface area (Å²) >= 11 is 1.93. The van der Waals surface area contributed by atoms with E-state index in [-0.39, 0.29) is 11.9 Å². The number of nitrogen functional groups attached to an aromatic ring is 1. The Morgan fingerprint density at radius 1 is 1.07 bits per heavy atom. The van der Waals surface area contributed by atoms with Crippen molar-refractivity contribution in [1.29, 1.82) is 0 Å². The van der Waals surface area contributed by atoms with E-state index >= 15 is 0 Å². The van der Waals surface area contributed by atoms with Crippen molar-refractivity contribution in [2.45, 2.75) is 18.2 Å². The monoisotopic (exact) mass is 384 g/mol. The third-order valence-electron chi connectivity index (χ3n) is 4.52. The van der Waals surface area contributed by atoms with Gasteiger partial charge in [-0.15, -0.1) is 0 Å². The molecule has 1 aliphatic heterocycles. The van der Waals surface area contributed by atoms with Gasteiger partial charge in [0, 0.05) is 36.2 Å². The predicted molar refractivity (Wildman–Crippen MR) is 108 cm³/mol. The quantitative estimate of drug-likeness (QED) is 0.419. The molecule has 3 rings (SSSR count). The van der Waals surface area contributed by atoms with Crippen LogP contribution in [0.5, 0.6) is 0 Å². The molecule has 0 bridgehead atoms. The van der Waals surface area contributed by atoms with Crippen LogP contribution in [0.25, 0.3) is 0 Å². The summed E-state index contributed by atoms with van der Waals surface area (Å²) in [6, 6.07) is 17.4. The molecule has 4 N–H and O–H groups in total. The molecule has 6 nitrogen and oxygen atoms in total. The summed E-state index contributed by atoms with van der Waals surface area (Å²) in [4.78, 5) is 25.8. The van der Waals surface area contributed by atoms with Crippen molar-refractivity contribution in [1.82, 2.24) is 15.6 Å². The number of nitrogens with two attached hydrogens (primary N) is 1. The Hall–Kier alpha value is -2.51. The van der Waals surface area contributed by atoms with Gasteiger partial charge in [0.2, 0.25) is 0 Å². The highest BCUT2D eigenvalue weighted by atomic mass is 32.2. The fraction of sp³-hybridized carbons (Fsp3) is 0.300. The minimum Gasteiger partial charge on any atom is -0.334 e. The van der Waals surface area contributed by atoms with Crippen LogP contribution in [0.4, 0.5) is 4.79 Å². The maximum atomic E-state index is 12.5. The molecular weight excluding hydrogens is 360 g/mol. The average Bonchev–Trinajstić information content (AvgIpc) is 2.72. The van der Waals surface area contributed by atoms with Gasteiger partial charge >= 0.3 is 6.03 Å². The number of nitrogens with zero attached hydrogens (tertiary/aromatic N) is 1. The number of hydrogen-bond donors (Lipinski definition) is 3. The number of urea groups is 1. The molecule has 0 spiro atoms. The second-order valence-electron chi connectivity index (χ2n) is 6.46. The largest absolute Gasteiger partial charge is 0.334 e. The lowest BCUT2D eigenvalue weighted by molar-refractivity contribution is 0.0953. The van der Waals surface area contributed by atoms with Gasteiger partial charge in [0.05, 0.1) is 0 Å². The first-order valence-electron chi connectivity index (χ1n) is 8.94. The minimum absolute atomic E-state index is 0.0443. The number of thioether (sulfide) groups is 1. The van der Waals surface area contributed by atoms with E-state index in [2.05, 4.69) is 35.0 Å². The second kappa shape index (κ2) is 9.43. The first-order chi connectivity index (χ1) is 13.2. The fourth-order valence-electron chi connectivity index (χ4n) is 3.05. The van der Waals surface area contributed by atoms with Gasteiger partial charge in [0.15, 0.2) is 0 Å². The number of carbonyl (C=O) groups excluding carboxylic acids is 2. The lowest BCUT2D eigenvalue weighted by Crippen LogP contribution is -2.47. The van der Waals surface area contributed by atoms with Crippen molar-refractivity contribution in [3.05, 3.63) is 71.3 Å². The molecule has 3 amide bonds. The van der Waals surface area contributed by atoms with Crippen LogP contribution in [0.3, 0.4) is 0 Å². The van der Waals surface area contributed by atoms with Gasteiger partial charge in [-0.25, -0.2) is 10.6 Å². The lowest BCUT2D eigenvalue weighted by Gasteiger charge is -2.32. The molecule has 0 radical (unpaired) electrons. The number of nitrogens with one attached hydrogen (secondary N) is 2. The summed E-state index contributed by atoms with van der Waals surface area (Å²) in [5.41, 5.74) is 4.83. The molecule has 0 saturated carbocycles. The van der Waals surface area contributed by atoms with Crippen molar-refractivity contribution >= 4 is 23.7 Å². The van der Waals surface area contributed by atoms with Crippen molar-refractivity contribution in [2.75, 3.05) is 18.8 Å². The van der Waals surface area contributed by atoms with Crippen LogP contribution in [0.1, 0.15) is 21.5 Å². The molecule has 2 aromatic carbocycles. The van der Waals surface area contributed by atoms with Crippen LogP contribution in [-0.2, 0) is 13.0 Å². The Balaban J connectivity index is 1.49. The van der Waals surface area contributed by atoms with E-state index in [9.17, 15) is 9.59 Å². The number of rotatable bonds is 5. The molecule has 1 saturated heterocycles. The topological polar surface area (TPSA) is 87.5 Å². The number of carbonyl (C=O) groups is 2. The van der Waals surface area contributed by atoms with E-state index in [0.717, 1.165) is 30.8 Å². The molecule has 0 aromatic heterocycles. The molecule has 2 aromatic rings. The summed E-state index contributed by atoms with van der Waals surface area (Å²) < 4.78 is 0. The van der Waals surface area contributed by atoms with Gasteiger partial charge in [-0.2, -0.15) is 11.8 Å². The highest BCUT2D eigenvalue weighted by Gasteiger charge is 2.24. The number of hydrazine groups is 1. The van der Waals surface area contributed by atoms with Crippen LogP contribution in [-0.4, -0.2) is 40.9 Å². The third-order valence-corrected chi connectivity index (χ3v) is 5.73. The van der Waals surface area contributed by atoms with E-state index in [1.165, 1.54) is 5.56 Å². The first-order valence-corrected chi connectivity index (χ1v) is 9.99. The zero-order chi connectivity index (χ0) is 19.1. The summed E-state index contributed by atoms with van der Waals surface area (Å²) in [6.45, 7) is 1.94. The fourth-order valence-corrected chi connectivity index (χ4v) is 4.31. The normalized spacial score (nSPS) is 16.6. The van der Waals surface area contributed by atoms with E-state index in [1.54, 1.807) is 12.1 Å². The van der Waals surface area contributed by atoms with E-state index in [4.69, 9.17) is 5.84 Å². The Morgan fingerprint density at radius 2 is 1.81 bits per heavy atom. The van der Waals surface area contributed by atoms with Gasteiger partial charge < -0.3 is 10.2 Å². The maximum Gasteiger partial charge on any atom is 0.317 e. The van der Waals surface area contributed by atoms with Gasteiger partial charge in [0.25, 0.3) is 5.91 Å². The Bertz CT molecular complexity index is 767. The van der Waals surface area contributed by atoms with Crippen molar-refractivity contribution in [3.8, 4) is 0 Å². The molecule has 27 heavy (non-hydrogen) atoms. The lowest BCUT2D eigenvalue weighted by atomic mass is 10.1. The van der Waals surface area contributed by atoms with Gasteiger partial charge in [0.1, 0.15) is 0 Å². The van der Waals surface area contributed by atoms with E-state index in [1.807, 2.05) is 34.9 Å². The summed E-state index contributed by atoms with van der Waals surface area (Å²) in [5, 5.41) is 3.39. The van der Waals surface area contributed by atoms with Crippen LogP contribution in [0, 0.1) is 0 Å². The van der Waals surface area contributed by atoms with Gasteiger partial charge in [-0.3, -0.25) is 10.2 Å². The highest BCUT2D eigenvalue weighted by Crippen LogP contribution is 2.22. The Morgan fingerprint density at radius 3 is 2.52 bits per heavy atom. The molecule has 1 aliphatic rings. The van der Waals surface area contributed by atoms with Crippen LogP contribution < -0.4 is 16.6 Å². The van der Waals surface area contributed by atoms with Crippen molar-refractivity contribution < 1.29 is 9.59 Å². The SMILES string of the molecule is NNC(=O)c1ccc(CNC(=O)N2CCSC(Cc3ccccc3)C2)cc1. The second-order valence-corrected chi connectivity index (χ2v) is 7.87. The average molecular weight is 385 g/mol. The molecule has 0 aliphatic carbocycles. The molecular formula is C20H24N4O2S. The van der Waals surface area contributed by atoms with Crippen molar-refractivity contribution in [2.24, 2.45) is 5.84 Å². The number of amides is 3. The van der Waals surface area contributed by atoms with Crippen LogP contribution in [0.2, 0.25) is 0 Å². The molecule has 1 atom stereocenters. The smallest absolute Gasteiger partial charge is 0.317 e. The maximum absolute atomic E-state index is 12.5. The first kappa shape index (κ1) is 19.3. The minimum atomic E-state index is -0.333. The predicted octanol–water partition coefficient (Wildman–Crippen LogP) is 2.16. The van der Waals surface area contributed by atoms with E-state index < -0.39 is 0 Å². The summed E-state index contributed by atoms with van der Waals surface area (Å²) in [5.74, 6) is 5.74. The Kier molecular flexibility index (Phi) is 6.73. The standard InChI is InChI=1S/C20H24N4O2S/c21-23-19(25)17-8-6-16(7-9-17)13-22-20(26)24-10-11-27-18(14-24)12-15-4-2-1-3-5-15/h1-9,18H,10-14,21H2,(H,22,26)(H,23,25). The summed E-state index contributed by atoms with van der Waals surface area (Å²) in [7, 11) is 0. The zero-order valence-electron chi connectivity index (χ0n) is 15.1. The van der Waals surface area contributed by atoms with Crippen molar-refractivity contribution in [3.63, 3.8) is 0 Å². The number of hydrogen-bond acceptors (Lipinski definition) is 4. The van der Waals surface area contributed by atoms with Gasteiger partial charge in [-0.05, 0) is 29.7 Å². The Labute approximate surface area is 163 Å². The van der Waals surface area contributed by atoms with Crippen LogP contribution in [0.15, 0.2) is 54.6 Å².